The lowest BCUT2D eigenvalue weighted by molar-refractivity contribution is -0.571. The number of ether oxygens (including phenoxy) is 2. The van der Waals surface area contributed by atoms with Crippen molar-refractivity contribution in [3.8, 4) is 0 Å². The van der Waals surface area contributed by atoms with Crippen LogP contribution in [0.3, 0.4) is 0 Å². The first-order valence-corrected chi connectivity index (χ1v) is 10.4. The molecule has 8 atom stereocenters. The zero-order valence-electron chi connectivity index (χ0n) is 16.7. The summed E-state index contributed by atoms with van der Waals surface area (Å²) in [7, 11) is 0. The van der Waals surface area contributed by atoms with Crippen LogP contribution in [0.1, 0.15) is 58.3 Å². The van der Waals surface area contributed by atoms with E-state index < -0.39 is 23.6 Å². The number of carboxylic acids is 1. The molecule has 5 fully saturated rings. The zero-order valence-corrected chi connectivity index (χ0v) is 16.7. The van der Waals surface area contributed by atoms with E-state index in [4.69, 9.17) is 19.2 Å². The van der Waals surface area contributed by atoms with Crippen LogP contribution in [0.25, 0.3) is 0 Å². The van der Waals surface area contributed by atoms with Crippen molar-refractivity contribution in [3.05, 3.63) is 24.0 Å². The molecule has 1 aromatic rings. The van der Waals surface area contributed by atoms with Crippen molar-refractivity contribution in [2.45, 2.75) is 76.8 Å². The first-order chi connectivity index (χ1) is 13.3. The van der Waals surface area contributed by atoms with Crippen LogP contribution in [-0.2, 0) is 30.6 Å². The summed E-state index contributed by atoms with van der Waals surface area (Å²) in [6.07, 6.45) is 5.01. The highest BCUT2D eigenvalue weighted by molar-refractivity contribution is 5.66. The quantitative estimate of drug-likeness (QED) is 0.795. The Morgan fingerprint density at radius 3 is 2.86 bits per heavy atom. The van der Waals surface area contributed by atoms with E-state index in [0.717, 1.165) is 31.4 Å². The van der Waals surface area contributed by atoms with Gasteiger partial charge in [0.25, 0.3) is 0 Å². The Bertz CT molecular complexity index is 779. The normalized spacial score (nSPS) is 47.4. The zero-order chi connectivity index (χ0) is 19.7. The molecule has 1 saturated carbocycles. The fourth-order valence-corrected chi connectivity index (χ4v) is 6.22. The Morgan fingerprint density at radius 1 is 1.25 bits per heavy atom. The summed E-state index contributed by atoms with van der Waals surface area (Å²) >= 11 is 0. The number of fused-ring (bicyclic) bond motifs is 2. The van der Waals surface area contributed by atoms with E-state index in [1.165, 1.54) is 0 Å². The number of rotatable bonds is 3. The van der Waals surface area contributed by atoms with Crippen LogP contribution >= 0.6 is 0 Å². The largest absolute Gasteiger partial charge is 0.480 e. The number of hydrogen-bond acceptors (Lipinski definition) is 5. The van der Waals surface area contributed by atoms with E-state index in [0.29, 0.717) is 11.8 Å². The fourth-order valence-electron chi connectivity index (χ4n) is 6.22. The summed E-state index contributed by atoms with van der Waals surface area (Å²) in [6, 6.07) is 3.84. The molecule has 1 aliphatic carbocycles. The Morgan fingerprint density at radius 2 is 2.07 bits per heavy atom. The molecule has 0 aromatic carbocycles. The van der Waals surface area contributed by atoms with Crippen LogP contribution < -0.4 is 0 Å². The Balaban J connectivity index is 1.55. The summed E-state index contributed by atoms with van der Waals surface area (Å²) in [5.74, 6) is -0.426. The van der Waals surface area contributed by atoms with Crippen LogP contribution in [0.15, 0.2) is 18.3 Å². The topological polar surface area (TPSA) is 79.2 Å². The molecule has 5 aliphatic rings. The van der Waals surface area contributed by atoms with Crippen LogP contribution in [0.5, 0.6) is 0 Å². The molecule has 2 unspecified atom stereocenters. The van der Waals surface area contributed by atoms with Gasteiger partial charge >= 0.3 is 5.97 Å². The number of nitrogens with zero attached hydrogens (tertiary/aromatic N) is 1. The van der Waals surface area contributed by atoms with Gasteiger partial charge in [0.05, 0.1) is 0 Å². The number of carboxylic acid groups (broad SMARTS) is 1. The lowest BCUT2D eigenvalue weighted by Crippen LogP contribution is -2.69. The monoisotopic (exact) mass is 391 g/mol. The fraction of sp³-hybridized carbons (Fsp3) is 0.762. The summed E-state index contributed by atoms with van der Waals surface area (Å²) < 4.78 is 14.7. The highest BCUT2D eigenvalue weighted by atomic mass is 17.3. The Hall–Kier alpha value is -1.41. The molecule has 7 heteroatoms. The number of aromatic nitrogens is 1. The minimum atomic E-state index is -0.863. The van der Waals surface area contributed by atoms with Crippen LogP contribution in [0.2, 0.25) is 0 Å². The van der Waals surface area contributed by atoms with Crippen molar-refractivity contribution in [2.75, 3.05) is 0 Å². The third kappa shape index (κ3) is 2.53. The van der Waals surface area contributed by atoms with Crippen molar-refractivity contribution in [1.29, 1.82) is 0 Å². The minimum Gasteiger partial charge on any atom is -0.480 e. The first-order valence-electron chi connectivity index (χ1n) is 10.4. The van der Waals surface area contributed by atoms with Gasteiger partial charge in [-0.2, -0.15) is 0 Å². The van der Waals surface area contributed by atoms with E-state index >= 15 is 0 Å². The maximum absolute atomic E-state index is 11.3. The molecule has 0 radical (unpaired) electrons. The maximum atomic E-state index is 11.3. The van der Waals surface area contributed by atoms with Gasteiger partial charge in [-0.1, -0.05) is 13.8 Å². The van der Waals surface area contributed by atoms with Crippen LogP contribution in [0, 0.1) is 23.7 Å². The second-order valence-corrected chi connectivity index (χ2v) is 9.28. The van der Waals surface area contributed by atoms with Crippen molar-refractivity contribution in [2.24, 2.45) is 23.7 Å². The van der Waals surface area contributed by atoms with E-state index in [-0.39, 0.29) is 24.5 Å². The average Bonchev–Trinajstić information content (AvgIpc) is 2.96. The lowest BCUT2D eigenvalue weighted by atomic mass is 9.57. The van der Waals surface area contributed by atoms with Gasteiger partial charge in [0.1, 0.15) is 12.6 Å². The molecule has 4 saturated heterocycles. The first kappa shape index (κ1) is 18.6. The van der Waals surface area contributed by atoms with Crippen LogP contribution in [0.4, 0.5) is 0 Å². The second kappa shape index (κ2) is 6.29. The smallest absolute Gasteiger partial charge is 0.323 e. The second-order valence-electron chi connectivity index (χ2n) is 9.28. The predicted molar refractivity (Wildman–Crippen MR) is 97.8 cm³/mol. The van der Waals surface area contributed by atoms with Gasteiger partial charge in [0.2, 0.25) is 5.79 Å². The van der Waals surface area contributed by atoms with Gasteiger partial charge in [-0.3, -0.25) is 4.79 Å². The molecule has 1 spiro atoms. The summed E-state index contributed by atoms with van der Waals surface area (Å²) in [5.41, 5.74) is 0.295. The van der Waals surface area contributed by atoms with Crippen molar-refractivity contribution in [1.82, 2.24) is 4.57 Å². The van der Waals surface area contributed by atoms with Crippen LogP contribution in [-0.4, -0.2) is 33.3 Å². The Labute approximate surface area is 164 Å². The van der Waals surface area contributed by atoms with Gasteiger partial charge < -0.3 is 19.1 Å². The summed E-state index contributed by atoms with van der Waals surface area (Å²) in [4.78, 5) is 23.3. The summed E-state index contributed by atoms with van der Waals surface area (Å²) in [5, 5.41) is 9.27. The van der Waals surface area contributed by atoms with E-state index in [9.17, 15) is 9.90 Å². The van der Waals surface area contributed by atoms with Crippen molar-refractivity contribution >= 4 is 5.97 Å². The van der Waals surface area contributed by atoms with E-state index in [2.05, 4.69) is 13.8 Å². The molecule has 0 amide bonds. The van der Waals surface area contributed by atoms with Gasteiger partial charge in [-0.15, -0.1) is 0 Å². The number of aliphatic carboxylic acids is 1. The molecule has 1 aromatic heterocycles. The molecular formula is C21H29NO6. The highest BCUT2D eigenvalue weighted by Gasteiger charge is 2.69. The molecule has 6 rings (SSSR count). The maximum Gasteiger partial charge on any atom is 0.323 e. The third-order valence-corrected chi connectivity index (χ3v) is 7.62. The molecule has 4 aliphatic heterocycles. The molecule has 1 N–H and O–H groups in total. The Kier molecular flexibility index (Phi) is 4.18. The number of hydrogen-bond donors (Lipinski definition) is 1. The molecule has 2 bridgehead atoms. The molecular weight excluding hydrogens is 362 g/mol. The third-order valence-electron chi connectivity index (χ3n) is 7.62. The van der Waals surface area contributed by atoms with Gasteiger partial charge in [0, 0.05) is 24.2 Å². The van der Waals surface area contributed by atoms with Crippen molar-refractivity contribution in [3.63, 3.8) is 0 Å². The van der Waals surface area contributed by atoms with Crippen molar-refractivity contribution < 1.29 is 29.1 Å². The summed E-state index contributed by atoms with van der Waals surface area (Å²) in [6.45, 7) is 6.33. The van der Waals surface area contributed by atoms with E-state index in [1.54, 1.807) is 10.8 Å². The predicted octanol–water partition coefficient (Wildman–Crippen LogP) is 3.50. The molecule has 7 nitrogen and oxygen atoms in total. The van der Waals surface area contributed by atoms with Gasteiger partial charge in [0.15, 0.2) is 11.9 Å². The highest BCUT2D eigenvalue weighted by Crippen LogP contribution is 2.62. The average molecular weight is 391 g/mol. The molecule has 28 heavy (non-hydrogen) atoms. The van der Waals surface area contributed by atoms with Gasteiger partial charge in [-0.05, 0) is 56.1 Å². The van der Waals surface area contributed by atoms with E-state index in [1.807, 2.05) is 19.1 Å². The van der Waals surface area contributed by atoms with Gasteiger partial charge in [-0.25, -0.2) is 9.78 Å². The number of carbonyl (C=O) groups is 1. The SMILES string of the molecule is C[C@@H]1CCC2[C@@H](C)[C@H](c3cccn3CC(=O)O)O[C@@H]3O[C@]4(C)CCC1[C@@]23OO4. The lowest BCUT2D eigenvalue weighted by Gasteiger charge is -2.60. The standard InChI is InChI=1S/C21H29NO6/c1-12-6-7-15-13(2)18(16-5-4-10-22(16)11-17(23)24)25-19-21(15)14(12)8-9-20(3,26-19)27-28-21/h4-5,10,12-15,18-19H,6-9,11H2,1-3H3,(H,23,24)/t12-,13-,14?,15?,18-,19-,20+,21-/m1/s1. The minimum absolute atomic E-state index is 0.0762. The molecule has 154 valence electrons. The molecule has 5 heterocycles.